The second kappa shape index (κ2) is 7.43. The summed E-state index contributed by atoms with van der Waals surface area (Å²) in [5.41, 5.74) is 2.41. The van der Waals surface area contributed by atoms with E-state index in [9.17, 15) is 23.1 Å². The number of halogens is 3. The van der Waals surface area contributed by atoms with Gasteiger partial charge in [0.2, 0.25) is 0 Å². The van der Waals surface area contributed by atoms with Crippen molar-refractivity contribution in [3.05, 3.63) is 29.8 Å². The van der Waals surface area contributed by atoms with Crippen molar-refractivity contribution < 1.29 is 23.1 Å². The van der Waals surface area contributed by atoms with Crippen LogP contribution in [-0.2, 0) is 0 Å². The molecular formula is C17H22F3N3O2. The predicted molar refractivity (Wildman–Crippen MR) is 88.8 cm³/mol. The highest BCUT2D eigenvalue weighted by Gasteiger charge is 2.63. The molecule has 0 aliphatic carbocycles. The molecule has 1 heterocycles. The van der Waals surface area contributed by atoms with Gasteiger partial charge in [0.1, 0.15) is 0 Å². The standard InChI is InChI=1S/C17H22F3N3O2/c1-2-3-4-5-8-12-11-16(25,17(18,19)20)23(22-12)15(24)13-9-6-7-10-14(13)21/h6-7,9-10,25H,2-5,8,11,21H2,1H3/t16-/m1/s1. The van der Waals surface area contributed by atoms with Gasteiger partial charge in [0.15, 0.2) is 0 Å². The number of unbranched alkanes of at least 4 members (excludes halogenated alkanes) is 3. The van der Waals surface area contributed by atoms with Gasteiger partial charge in [0.25, 0.3) is 11.6 Å². The smallest absolute Gasteiger partial charge is 0.398 e. The van der Waals surface area contributed by atoms with E-state index >= 15 is 0 Å². The minimum atomic E-state index is -5.03. The highest BCUT2D eigenvalue weighted by atomic mass is 19.4. The lowest BCUT2D eigenvalue weighted by Gasteiger charge is -2.32. The van der Waals surface area contributed by atoms with Crippen molar-refractivity contribution in [3.63, 3.8) is 0 Å². The molecule has 2 rings (SSSR count). The summed E-state index contributed by atoms with van der Waals surface area (Å²) in [6.45, 7) is 2.03. The normalized spacial score (nSPS) is 20.7. The highest BCUT2D eigenvalue weighted by molar-refractivity contribution is 6.01. The van der Waals surface area contributed by atoms with Crippen LogP contribution in [0.5, 0.6) is 0 Å². The van der Waals surface area contributed by atoms with E-state index in [2.05, 4.69) is 5.10 Å². The van der Waals surface area contributed by atoms with Gasteiger partial charge in [-0.05, 0) is 25.0 Å². The fourth-order valence-electron chi connectivity index (χ4n) is 2.75. The van der Waals surface area contributed by atoms with Crippen molar-refractivity contribution in [2.24, 2.45) is 5.10 Å². The number of alkyl halides is 3. The first-order valence-corrected chi connectivity index (χ1v) is 8.25. The second-order valence-electron chi connectivity index (χ2n) is 6.17. The molecule has 1 aliphatic rings. The number of nitrogens with two attached hydrogens (primary N) is 1. The third kappa shape index (κ3) is 3.95. The number of aliphatic hydroxyl groups is 1. The van der Waals surface area contributed by atoms with Crippen molar-refractivity contribution in [1.82, 2.24) is 5.01 Å². The van der Waals surface area contributed by atoms with E-state index in [0.29, 0.717) is 12.8 Å². The Kier molecular flexibility index (Phi) is 5.72. The van der Waals surface area contributed by atoms with E-state index in [1.165, 1.54) is 18.2 Å². The number of carbonyl (C=O) groups is 1. The van der Waals surface area contributed by atoms with Crippen LogP contribution in [0.2, 0.25) is 0 Å². The van der Waals surface area contributed by atoms with Gasteiger partial charge in [-0.15, -0.1) is 0 Å². The molecule has 0 radical (unpaired) electrons. The van der Waals surface area contributed by atoms with E-state index < -0.39 is 24.2 Å². The lowest BCUT2D eigenvalue weighted by molar-refractivity contribution is -0.297. The topological polar surface area (TPSA) is 78.9 Å². The summed E-state index contributed by atoms with van der Waals surface area (Å²) >= 11 is 0. The Bertz CT molecular complexity index is 661. The zero-order valence-electron chi connectivity index (χ0n) is 14.0. The van der Waals surface area contributed by atoms with Gasteiger partial charge < -0.3 is 10.8 Å². The first-order chi connectivity index (χ1) is 11.7. The molecule has 3 N–H and O–H groups in total. The Morgan fingerprint density at radius 2 is 2.00 bits per heavy atom. The number of nitrogen functional groups attached to an aromatic ring is 1. The van der Waals surface area contributed by atoms with Crippen LogP contribution in [-0.4, -0.2) is 33.6 Å². The summed E-state index contributed by atoms with van der Waals surface area (Å²) < 4.78 is 40.3. The van der Waals surface area contributed by atoms with Crippen molar-refractivity contribution in [3.8, 4) is 0 Å². The maximum Gasteiger partial charge on any atom is 0.438 e. The first kappa shape index (κ1) is 19.2. The van der Waals surface area contributed by atoms with E-state index in [0.717, 1.165) is 19.3 Å². The van der Waals surface area contributed by atoms with Crippen molar-refractivity contribution in [1.29, 1.82) is 0 Å². The molecule has 0 fully saturated rings. The molecule has 0 spiro atoms. The van der Waals surface area contributed by atoms with Gasteiger partial charge >= 0.3 is 6.18 Å². The van der Waals surface area contributed by atoms with E-state index in [4.69, 9.17) is 5.73 Å². The predicted octanol–water partition coefficient (Wildman–Crippen LogP) is 3.69. The number of nitrogens with zero attached hydrogens (tertiary/aromatic N) is 2. The summed E-state index contributed by atoms with van der Waals surface area (Å²) in [4.78, 5) is 12.5. The number of amides is 1. The molecule has 1 amide bonds. The van der Waals surface area contributed by atoms with Crippen LogP contribution in [0.25, 0.3) is 0 Å². The lowest BCUT2D eigenvalue weighted by atomic mass is 10.0. The fourth-order valence-corrected chi connectivity index (χ4v) is 2.75. The molecule has 0 aromatic heterocycles. The van der Waals surface area contributed by atoms with Crippen molar-refractivity contribution in [2.45, 2.75) is 57.3 Å². The number of anilines is 1. The molecule has 1 aromatic carbocycles. The van der Waals surface area contributed by atoms with Crippen LogP contribution in [0.1, 0.15) is 55.8 Å². The van der Waals surface area contributed by atoms with Crippen molar-refractivity contribution in [2.75, 3.05) is 5.73 Å². The zero-order valence-corrected chi connectivity index (χ0v) is 14.0. The molecule has 0 bridgehead atoms. The van der Waals surface area contributed by atoms with E-state index in [1.807, 2.05) is 6.92 Å². The maximum atomic E-state index is 13.4. The molecule has 1 aromatic rings. The zero-order chi connectivity index (χ0) is 18.7. The first-order valence-electron chi connectivity index (χ1n) is 8.25. The monoisotopic (exact) mass is 357 g/mol. The van der Waals surface area contributed by atoms with Gasteiger partial charge in [-0.1, -0.05) is 38.3 Å². The van der Waals surface area contributed by atoms with E-state index in [1.54, 1.807) is 6.07 Å². The molecule has 5 nitrogen and oxygen atoms in total. The van der Waals surface area contributed by atoms with Gasteiger partial charge in [-0.3, -0.25) is 4.79 Å². The summed E-state index contributed by atoms with van der Waals surface area (Å²) in [6.07, 6.45) is -1.96. The summed E-state index contributed by atoms with van der Waals surface area (Å²) in [6, 6.07) is 5.77. The second-order valence-corrected chi connectivity index (χ2v) is 6.17. The van der Waals surface area contributed by atoms with Crippen LogP contribution >= 0.6 is 0 Å². The Morgan fingerprint density at radius 1 is 1.32 bits per heavy atom. The average Bonchev–Trinajstić information content (AvgIpc) is 2.89. The average molecular weight is 357 g/mol. The van der Waals surface area contributed by atoms with Gasteiger partial charge in [-0.25, -0.2) is 0 Å². The maximum absolute atomic E-state index is 13.4. The molecular weight excluding hydrogens is 335 g/mol. The summed E-state index contributed by atoms with van der Waals surface area (Å²) in [5.74, 6) is -1.07. The number of hydrogen-bond acceptors (Lipinski definition) is 4. The number of hydrazone groups is 1. The minimum Gasteiger partial charge on any atom is -0.398 e. The number of benzene rings is 1. The molecule has 1 atom stereocenters. The van der Waals surface area contributed by atoms with E-state index in [-0.39, 0.29) is 22.0 Å². The minimum absolute atomic E-state index is 0.0311. The molecule has 0 saturated heterocycles. The number of hydrogen-bond donors (Lipinski definition) is 2. The van der Waals surface area contributed by atoms with Crippen molar-refractivity contribution >= 4 is 17.3 Å². The Labute approximate surface area is 144 Å². The number of rotatable bonds is 6. The van der Waals surface area contributed by atoms with Gasteiger partial charge in [-0.2, -0.15) is 23.3 Å². The lowest BCUT2D eigenvalue weighted by Crippen LogP contribution is -2.56. The molecule has 1 aliphatic heterocycles. The highest BCUT2D eigenvalue weighted by Crippen LogP contribution is 2.42. The summed E-state index contributed by atoms with van der Waals surface area (Å²) in [5, 5.41) is 14.1. The van der Waals surface area contributed by atoms with Gasteiger partial charge in [0, 0.05) is 17.8 Å². The molecule has 0 saturated carbocycles. The van der Waals surface area contributed by atoms with Crippen LogP contribution in [0, 0.1) is 0 Å². The quantitative estimate of drug-likeness (QED) is 0.602. The fraction of sp³-hybridized carbons (Fsp3) is 0.529. The Morgan fingerprint density at radius 3 is 2.60 bits per heavy atom. The van der Waals surface area contributed by atoms with Crippen LogP contribution in [0.3, 0.4) is 0 Å². The molecule has 138 valence electrons. The van der Waals surface area contributed by atoms with Crippen LogP contribution in [0.4, 0.5) is 18.9 Å². The Hall–Kier alpha value is -2.09. The van der Waals surface area contributed by atoms with Crippen LogP contribution in [0.15, 0.2) is 29.4 Å². The number of para-hydroxylation sites is 1. The Balaban J connectivity index is 2.28. The largest absolute Gasteiger partial charge is 0.438 e. The number of carbonyl (C=O) groups excluding carboxylic acids is 1. The van der Waals surface area contributed by atoms with Gasteiger partial charge in [0.05, 0.1) is 5.56 Å². The third-order valence-electron chi connectivity index (χ3n) is 4.20. The third-order valence-corrected chi connectivity index (χ3v) is 4.20. The SMILES string of the molecule is CCCCCCC1=NN(C(=O)c2ccccc2N)[C@](O)(C(F)(F)F)C1. The molecule has 0 unspecified atom stereocenters. The molecule has 8 heteroatoms. The summed E-state index contributed by atoms with van der Waals surface area (Å²) in [7, 11) is 0. The molecule has 25 heavy (non-hydrogen) atoms. The van der Waals surface area contributed by atoms with Crippen LogP contribution < -0.4 is 5.73 Å².